The van der Waals surface area contributed by atoms with Gasteiger partial charge in [-0.1, -0.05) is 0 Å². The Labute approximate surface area is 101 Å². The summed E-state index contributed by atoms with van der Waals surface area (Å²) in [7, 11) is 0. The number of hydrogen-bond donors (Lipinski definition) is 2. The van der Waals surface area contributed by atoms with Crippen LogP contribution in [0.15, 0.2) is 0 Å². The standard InChI is InChI=1S/C12H20N2O3/c1-8(2-5-11(15)16)13-12(17)14-7-9-3-4-10(14)6-9/h8-10H,2-7H2,1H3,(H,13,17)(H,15,16). The number of urea groups is 1. The summed E-state index contributed by atoms with van der Waals surface area (Å²) in [6, 6.07) is 0.333. The second kappa shape index (κ2) is 4.94. The maximum Gasteiger partial charge on any atom is 0.317 e. The first-order chi connectivity index (χ1) is 8.06. The van der Waals surface area contributed by atoms with Crippen LogP contribution in [0.1, 0.15) is 39.0 Å². The third kappa shape index (κ3) is 2.90. The summed E-state index contributed by atoms with van der Waals surface area (Å²) < 4.78 is 0. The van der Waals surface area contributed by atoms with Gasteiger partial charge in [-0.3, -0.25) is 4.79 Å². The molecule has 2 bridgehead atoms. The van der Waals surface area contributed by atoms with Gasteiger partial charge in [-0.15, -0.1) is 0 Å². The predicted octanol–water partition coefficient (Wildman–Crippen LogP) is 1.43. The number of fused-ring (bicyclic) bond motifs is 2. The number of amides is 2. The van der Waals surface area contributed by atoms with Crippen molar-refractivity contribution in [3.05, 3.63) is 0 Å². The van der Waals surface area contributed by atoms with Crippen LogP contribution in [0.2, 0.25) is 0 Å². The number of carbonyl (C=O) groups is 2. The van der Waals surface area contributed by atoms with E-state index in [0.717, 1.165) is 19.4 Å². The summed E-state index contributed by atoms with van der Waals surface area (Å²) in [5, 5.41) is 11.5. The molecule has 1 saturated heterocycles. The number of nitrogens with one attached hydrogen (secondary N) is 1. The van der Waals surface area contributed by atoms with Gasteiger partial charge in [0.2, 0.25) is 0 Å². The van der Waals surface area contributed by atoms with Crippen LogP contribution in [-0.2, 0) is 4.79 Å². The smallest absolute Gasteiger partial charge is 0.317 e. The van der Waals surface area contributed by atoms with Crippen LogP contribution in [0.3, 0.4) is 0 Å². The lowest BCUT2D eigenvalue weighted by molar-refractivity contribution is -0.137. The van der Waals surface area contributed by atoms with Crippen LogP contribution in [0.25, 0.3) is 0 Å². The molecule has 0 aromatic rings. The zero-order chi connectivity index (χ0) is 12.4. The molecule has 2 amide bonds. The molecular weight excluding hydrogens is 220 g/mol. The topological polar surface area (TPSA) is 69.6 Å². The molecule has 5 nitrogen and oxygen atoms in total. The molecule has 0 radical (unpaired) electrons. The summed E-state index contributed by atoms with van der Waals surface area (Å²) in [6.45, 7) is 2.73. The fraction of sp³-hybridized carbons (Fsp3) is 0.833. The van der Waals surface area contributed by atoms with Gasteiger partial charge < -0.3 is 15.3 Å². The minimum Gasteiger partial charge on any atom is -0.481 e. The molecule has 1 aliphatic heterocycles. The minimum absolute atomic E-state index is 0.0184. The molecule has 5 heteroatoms. The zero-order valence-corrected chi connectivity index (χ0v) is 10.2. The van der Waals surface area contributed by atoms with E-state index in [1.165, 1.54) is 6.42 Å². The van der Waals surface area contributed by atoms with E-state index in [1.807, 2.05) is 11.8 Å². The lowest BCUT2D eigenvalue weighted by Gasteiger charge is -2.28. The lowest BCUT2D eigenvalue weighted by atomic mass is 10.1. The van der Waals surface area contributed by atoms with Gasteiger partial charge in [0, 0.05) is 25.0 Å². The number of piperidine rings is 1. The second-order valence-electron chi connectivity index (χ2n) is 5.27. The van der Waals surface area contributed by atoms with E-state index in [9.17, 15) is 9.59 Å². The van der Waals surface area contributed by atoms with E-state index >= 15 is 0 Å². The molecule has 2 rings (SSSR count). The third-order valence-corrected chi connectivity index (χ3v) is 3.83. The molecule has 1 heterocycles. The monoisotopic (exact) mass is 240 g/mol. The Morgan fingerprint density at radius 3 is 2.76 bits per heavy atom. The number of rotatable bonds is 4. The van der Waals surface area contributed by atoms with Crippen molar-refractivity contribution in [2.75, 3.05) is 6.54 Å². The van der Waals surface area contributed by atoms with Crippen LogP contribution >= 0.6 is 0 Å². The molecular formula is C12H20N2O3. The van der Waals surface area contributed by atoms with Gasteiger partial charge >= 0.3 is 12.0 Å². The van der Waals surface area contributed by atoms with Crippen molar-refractivity contribution in [1.82, 2.24) is 10.2 Å². The third-order valence-electron chi connectivity index (χ3n) is 3.83. The van der Waals surface area contributed by atoms with Crippen LogP contribution in [-0.4, -0.2) is 40.6 Å². The van der Waals surface area contributed by atoms with E-state index in [4.69, 9.17) is 5.11 Å². The van der Waals surface area contributed by atoms with Crippen molar-refractivity contribution in [2.24, 2.45) is 5.92 Å². The Bertz CT molecular complexity index is 319. The second-order valence-corrected chi connectivity index (χ2v) is 5.27. The van der Waals surface area contributed by atoms with Crippen molar-refractivity contribution in [1.29, 1.82) is 0 Å². The Hall–Kier alpha value is -1.26. The highest BCUT2D eigenvalue weighted by molar-refractivity contribution is 5.75. The lowest BCUT2D eigenvalue weighted by Crippen LogP contribution is -2.47. The molecule has 0 spiro atoms. The first-order valence-electron chi connectivity index (χ1n) is 6.35. The molecule has 2 N–H and O–H groups in total. The van der Waals surface area contributed by atoms with Crippen LogP contribution < -0.4 is 5.32 Å². The normalized spacial score (nSPS) is 28.2. The number of aliphatic carboxylic acids is 1. The number of likely N-dealkylation sites (tertiary alicyclic amines) is 1. The maximum atomic E-state index is 12.0. The maximum absolute atomic E-state index is 12.0. The number of carboxylic acids is 1. The molecule has 96 valence electrons. The zero-order valence-electron chi connectivity index (χ0n) is 10.2. The molecule has 1 aliphatic carbocycles. The Morgan fingerprint density at radius 2 is 2.24 bits per heavy atom. The number of hydrogen-bond acceptors (Lipinski definition) is 2. The van der Waals surface area contributed by atoms with Gasteiger partial charge in [0.25, 0.3) is 0 Å². The molecule has 3 unspecified atom stereocenters. The average molecular weight is 240 g/mol. The van der Waals surface area contributed by atoms with Gasteiger partial charge in [0.05, 0.1) is 0 Å². The molecule has 0 aromatic carbocycles. The molecule has 2 aliphatic rings. The first kappa shape index (κ1) is 12.2. The van der Waals surface area contributed by atoms with Crippen LogP contribution in [0.4, 0.5) is 4.79 Å². The van der Waals surface area contributed by atoms with Gasteiger partial charge in [-0.25, -0.2) is 4.79 Å². The van der Waals surface area contributed by atoms with Crippen LogP contribution in [0, 0.1) is 5.92 Å². The summed E-state index contributed by atoms with van der Waals surface area (Å²) in [5.41, 5.74) is 0. The van der Waals surface area contributed by atoms with Gasteiger partial charge in [0.15, 0.2) is 0 Å². The van der Waals surface area contributed by atoms with Crippen LogP contribution in [0.5, 0.6) is 0 Å². The first-order valence-corrected chi connectivity index (χ1v) is 6.35. The Morgan fingerprint density at radius 1 is 1.47 bits per heavy atom. The largest absolute Gasteiger partial charge is 0.481 e. The Balaban J connectivity index is 1.75. The molecule has 1 saturated carbocycles. The van der Waals surface area contributed by atoms with Gasteiger partial charge in [-0.05, 0) is 38.5 Å². The fourth-order valence-electron chi connectivity index (χ4n) is 2.88. The summed E-state index contributed by atoms with van der Waals surface area (Å²) >= 11 is 0. The highest BCUT2D eigenvalue weighted by Crippen LogP contribution is 2.37. The van der Waals surface area contributed by atoms with Crippen molar-refractivity contribution >= 4 is 12.0 Å². The van der Waals surface area contributed by atoms with Gasteiger partial charge in [0.1, 0.15) is 0 Å². The molecule has 0 aromatic heterocycles. The number of carbonyl (C=O) groups excluding carboxylic acids is 1. The molecule has 3 atom stereocenters. The highest BCUT2D eigenvalue weighted by atomic mass is 16.4. The van der Waals surface area contributed by atoms with E-state index < -0.39 is 5.97 Å². The van der Waals surface area contributed by atoms with E-state index in [2.05, 4.69) is 5.32 Å². The van der Waals surface area contributed by atoms with E-state index in [1.54, 1.807) is 0 Å². The van der Waals surface area contributed by atoms with E-state index in [-0.39, 0.29) is 18.5 Å². The molecule has 2 fully saturated rings. The Kier molecular flexibility index (Phi) is 3.54. The quantitative estimate of drug-likeness (QED) is 0.781. The number of carboxylic acid groups (broad SMARTS) is 1. The number of nitrogens with zero attached hydrogens (tertiary/aromatic N) is 1. The van der Waals surface area contributed by atoms with Crippen molar-refractivity contribution in [2.45, 2.75) is 51.1 Å². The highest BCUT2D eigenvalue weighted by Gasteiger charge is 2.40. The fourth-order valence-corrected chi connectivity index (χ4v) is 2.88. The summed E-state index contributed by atoms with van der Waals surface area (Å²) in [5.74, 6) is -0.119. The van der Waals surface area contributed by atoms with Crippen molar-refractivity contribution in [3.63, 3.8) is 0 Å². The SMILES string of the molecule is CC(CCC(=O)O)NC(=O)N1CC2CCC1C2. The predicted molar refractivity (Wildman–Crippen MR) is 62.7 cm³/mol. The van der Waals surface area contributed by atoms with Crippen molar-refractivity contribution in [3.8, 4) is 0 Å². The van der Waals surface area contributed by atoms with Gasteiger partial charge in [-0.2, -0.15) is 0 Å². The average Bonchev–Trinajstić information content (AvgIpc) is 2.87. The van der Waals surface area contributed by atoms with E-state index in [0.29, 0.717) is 18.4 Å². The molecule has 17 heavy (non-hydrogen) atoms. The minimum atomic E-state index is -0.814. The summed E-state index contributed by atoms with van der Waals surface area (Å²) in [6.07, 6.45) is 4.12. The summed E-state index contributed by atoms with van der Waals surface area (Å²) in [4.78, 5) is 24.3. The van der Waals surface area contributed by atoms with Crippen molar-refractivity contribution < 1.29 is 14.7 Å².